The van der Waals surface area contributed by atoms with Gasteiger partial charge in [0.05, 0.1) is 22.5 Å². The Balaban J connectivity index is 1.99. The predicted molar refractivity (Wildman–Crippen MR) is 73.2 cm³/mol. The fourth-order valence-corrected chi connectivity index (χ4v) is 1.62. The minimum Gasteiger partial charge on any atom is -0.267 e. The van der Waals surface area contributed by atoms with Crippen molar-refractivity contribution in [2.24, 2.45) is 0 Å². The van der Waals surface area contributed by atoms with E-state index in [0.29, 0.717) is 10.7 Å². The number of aromatic nitrogens is 2. The summed E-state index contributed by atoms with van der Waals surface area (Å²) in [6, 6.07) is 6.52. The molecule has 1 heterocycles. The van der Waals surface area contributed by atoms with Gasteiger partial charge in [0.2, 0.25) is 0 Å². The zero-order chi connectivity index (χ0) is 14.5. The van der Waals surface area contributed by atoms with E-state index in [4.69, 9.17) is 11.6 Å². The highest BCUT2D eigenvalue weighted by atomic mass is 35.5. The van der Waals surface area contributed by atoms with E-state index in [1.807, 2.05) is 0 Å². The van der Waals surface area contributed by atoms with Gasteiger partial charge in [-0.3, -0.25) is 25.4 Å². The summed E-state index contributed by atoms with van der Waals surface area (Å²) < 4.78 is 0. The summed E-state index contributed by atoms with van der Waals surface area (Å²) in [5, 5.41) is 0.300. The van der Waals surface area contributed by atoms with Crippen LogP contribution >= 0.6 is 11.6 Å². The number of hydrogen-bond donors (Lipinski definition) is 2. The van der Waals surface area contributed by atoms with Crippen LogP contribution in [0.4, 0.5) is 0 Å². The molecule has 102 valence electrons. The van der Waals surface area contributed by atoms with Crippen LogP contribution in [0, 0.1) is 6.92 Å². The van der Waals surface area contributed by atoms with Crippen LogP contribution in [0.3, 0.4) is 0 Å². The maximum Gasteiger partial charge on any atom is 0.289 e. The Bertz CT molecular complexity index is 643. The fourth-order valence-electron chi connectivity index (χ4n) is 1.40. The first-order valence-corrected chi connectivity index (χ1v) is 6.09. The summed E-state index contributed by atoms with van der Waals surface area (Å²) >= 11 is 5.87. The Labute approximate surface area is 120 Å². The molecule has 0 atom stereocenters. The van der Waals surface area contributed by atoms with Crippen LogP contribution in [0.25, 0.3) is 0 Å². The van der Waals surface area contributed by atoms with Gasteiger partial charge in [-0.25, -0.2) is 4.98 Å². The number of halogens is 1. The predicted octanol–water partition coefficient (Wildman–Crippen LogP) is 1.51. The van der Waals surface area contributed by atoms with Crippen molar-refractivity contribution in [1.29, 1.82) is 0 Å². The van der Waals surface area contributed by atoms with E-state index >= 15 is 0 Å². The van der Waals surface area contributed by atoms with Crippen LogP contribution in [0.1, 0.15) is 26.5 Å². The maximum atomic E-state index is 11.8. The molecule has 0 aliphatic carbocycles. The number of benzene rings is 1. The quantitative estimate of drug-likeness (QED) is 0.821. The van der Waals surface area contributed by atoms with E-state index in [1.54, 1.807) is 31.2 Å². The number of rotatable bonds is 2. The van der Waals surface area contributed by atoms with Crippen molar-refractivity contribution in [3.05, 3.63) is 58.6 Å². The molecular formula is C13H11ClN4O2. The van der Waals surface area contributed by atoms with Crippen molar-refractivity contribution < 1.29 is 9.59 Å². The van der Waals surface area contributed by atoms with E-state index in [-0.39, 0.29) is 11.3 Å². The lowest BCUT2D eigenvalue weighted by molar-refractivity contribution is 0.0843. The van der Waals surface area contributed by atoms with Crippen molar-refractivity contribution in [3.8, 4) is 0 Å². The second-order valence-corrected chi connectivity index (χ2v) is 4.34. The summed E-state index contributed by atoms with van der Waals surface area (Å²) in [7, 11) is 0. The zero-order valence-corrected chi connectivity index (χ0v) is 11.3. The van der Waals surface area contributed by atoms with E-state index in [2.05, 4.69) is 20.8 Å². The molecule has 20 heavy (non-hydrogen) atoms. The number of carbonyl (C=O) groups is 2. The second kappa shape index (κ2) is 6.12. The van der Waals surface area contributed by atoms with Crippen LogP contribution in [-0.2, 0) is 0 Å². The third-order valence-electron chi connectivity index (χ3n) is 2.42. The SMILES string of the molecule is Cc1cnc(C(=O)NNC(=O)c2ccccc2Cl)cn1. The van der Waals surface area contributed by atoms with Crippen LogP contribution < -0.4 is 10.9 Å². The van der Waals surface area contributed by atoms with Gasteiger partial charge in [-0.1, -0.05) is 23.7 Å². The standard InChI is InChI=1S/C13H11ClN4O2/c1-8-6-16-11(7-15-8)13(20)18-17-12(19)9-4-2-3-5-10(9)14/h2-7H,1H3,(H,17,19)(H,18,20). The molecule has 0 saturated heterocycles. The minimum atomic E-state index is -0.557. The lowest BCUT2D eigenvalue weighted by Crippen LogP contribution is -2.42. The topological polar surface area (TPSA) is 84.0 Å². The van der Waals surface area contributed by atoms with Gasteiger partial charge < -0.3 is 0 Å². The van der Waals surface area contributed by atoms with Crippen LogP contribution in [0.2, 0.25) is 5.02 Å². The number of amides is 2. The largest absolute Gasteiger partial charge is 0.289 e. The molecule has 2 amide bonds. The zero-order valence-electron chi connectivity index (χ0n) is 10.6. The maximum absolute atomic E-state index is 11.8. The molecule has 2 N–H and O–H groups in total. The molecule has 0 fully saturated rings. The first-order chi connectivity index (χ1) is 9.58. The first kappa shape index (κ1) is 14.0. The molecular weight excluding hydrogens is 280 g/mol. The van der Waals surface area contributed by atoms with Crippen molar-refractivity contribution in [1.82, 2.24) is 20.8 Å². The molecule has 0 aliphatic heterocycles. The van der Waals surface area contributed by atoms with Gasteiger partial charge in [-0.05, 0) is 19.1 Å². The fraction of sp³-hybridized carbons (Fsp3) is 0.0769. The molecule has 7 heteroatoms. The molecule has 0 spiro atoms. The van der Waals surface area contributed by atoms with E-state index in [9.17, 15) is 9.59 Å². The molecule has 0 radical (unpaired) electrons. The summed E-state index contributed by atoms with van der Waals surface area (Å²) in [6.45, 7) is 1.76. The van der Waals surface area contributed by atoms with Crippen molar-refractivity contribution in [3.63, 3.8) is 0 Å². The molecule has 2 rings (SSSR count). The number of hydrogen-bond acceptors (Lipinski definition) is 4. The Morgan fingerprint density at radius 3 is 2.40 bits per heavy atom. The highest BCUT2D eigenvalue weighted by Gasteiger charge is 2.12. The normalized spacial score (nSPS) is 9.90. The van der Waals surface area contributed by atoms with Crippen molar-refractivity contribution >= 4 is 23.4 Å². The highest BCUT2D eigenvalue weighted by Crippen LogP contribution is 2.14. The first-order valence-electron chi connectivity index (χ1n) is 5.72. The molecule has 0 aliphatic rings. The average molecular weight is 291 g/mol. The lowest BCUT2D eigenvalue weighted by atomic mass is 10.2. The van der Waals surface area contributed by atoms with Gasteiger partial charge in [0.1, 0.15) is 5.69 Å². The third-order valence-corrected chi connectivity index (χ3v) is 2.75. The minimum absolute atomic E-state index is 0.107. The van der Waals surface area contributed by atoms with Gasteiger partial charge >= 0.3 is 0 Å². The van der Waals surface area contributed by atoms with Crippen LogP contribution in [0.15, 0.2) is 36.7 Å². The molecule has 0 saturated carbocycles. The van der Waals surface area contributed by atoms with E-state index in [1.165, 1.54) is 12.4 Å². The summed E-state index contributed by atoms with van der Waals surface area (Å²) in [5.74, 6) is -1.07. The van der Waals surface area contributed by atoms with E-state index < -0.39 is 11.8 Å². The molecule has 2 aromatic rings. The molecule has 0 unspecified atom stereocenters. The molecule has 1 aromatic carbocycles. The number of nitrogens with zero attached hydrogens (tertiary/aromatic N) is 2. The van der Waals surface area contributed by atoms with Crippen LogP contribution in [-0.4, -0.2) is 21.8 Å². The Morgan fingerprint density at radius 1 is 1.05 bits per heavy atom. The monoisotopic (exact) mass is 290 g/mol. The second-order valence-electron chi connectivity index (χ2n) is 3.93. The molecule has 1 aromatic heterocycles. The van der Waals surface area contributed by atoms with Gasteiger partial charge in [0, 0.05) is 6.20 Å². The van der Waals surface area contributed by atoms with Gasteiger partial charge in [-0.2, -0.15) is 0 Å². The number of hydrazine groups is 1. The van der Waals surface area contributed by atoms with Crippen molar-refractivity contribution in [2.45, 2.75) is 6.92 Å². The van der Waals surface area contributed by atoms with Gasteiger partial charge in [0.25, 0.3) is 11.8 Å². The van der Waals surface area contributed by atoms with E-state index in [0.717, 1.165) is 0 Å². The summed E-state index contributed by atoms with van der Waals surface area (Å²) in [6.07, 6.45) is 2.79. The highest BCUT2D eigenvalue weighted by molar-refractivity contribution is 6.33. The average Bonchev–Trinajstić information content (AvgIpc) is 2.45. The van der Waals surface area contributed by atoms with Gasteiger partial charge in [0.15, 0.2) is 0 Å². The number of nitrogens with one attached hydrogen (secondary N) is 2. The molecule has 6 nitrogen and oxygen atoms in total. The third kappa shape index (κ3) is 3.30. The number of carbonyl (C=O) groups excluding carboxylic acids is 2. The van der Waals surface area contributed by atoms with Crippen LogP contribution in [0.5, 0.6) is 0 Å². The Hall–Kier alpha value is -2.47. The Kier molecular flexibility index (Phi) is 4.27. The summed E-state index contributed by atoms with van der Waals surface area (Å²) in [4.78, 5) is 31.4. The Morgan fingerprint density at radius 2 is 1.75 bits per heavy atom. The smallest absolute Gasteiger partial charge is 0.267 e. The molecule has 0 bridgehead atoms. The lowest BCUT2D eigenvalue weighted by Gasteiger charge is -2.07. The summed E-state index contributed by atoms with van der Waals surface area (Å²) in [5.41, 5.74) is 5.58. The van der Waals surface area contributed by atoms with Gasteiger partial charge in [-0.15, -0.1) is 0 Å². The van der Waals surface area contributed by atoms with Crippen molar-refractivity contribution in [2.75, 3.05) is 0 Å². The number of aryl methyl sites for hydroxylation is 1.